The molecule has 0 saturated carbocycles. The zero-order valence-electron chi connectivity index (χ0n) is 29.7. The molecule has 0 aliphatic heterocycles. The van der Waals surface area contributed by atoms with Crippen LogP contribution >= 0.6 is 0 Å². The number of para-hydroxylation sites is 2. The van der Waals surface area contributed by atoms with Gasteiger partial charge in [-0.1, -0.05) is 65.2 Å². The highest BCUT2D eigenvalue weighted by Crippen LogP contribution is 2.40. The Hall–Kier alpha value is -5.52. The van der Waals surface area contributed by atoms with E-state index >= 15 is 0 Å². The van der Waals surface area contributed by atoms with Gasteiger partial charge in [0.2, 0.25) is 0 Å². The Labute approximate surface area is 313 Å². The molecule has 6 aromatic rings. The van der Waals surface area contributed by atoms with E-state index in [1.807, 2.05) is 26.8 Å². The summed E-state index contributed by atoms with van der Waals surface area (Å²) < 4.78 is 98.5. The molecule has 5 aromatic carbocycles. The Balaban J connectivity index is 0.000000210. The number of nitrogens with two attached hydrogens (primary N) is 1. The SMILES string of the molecule is Cc1ccc(S(=O)(=O)O)c(-c2cccc(-c3cc(C)ccc3S(=O)(=O)O)c2N)c1.Cc1ccc(S(=O)(=O)Oc2cccc(O)c2-n2nc(C)cc2C)cc1. The fourth-order valence-corrected chi connectivity index (χ4v) is 8.02. The quantitative estimate of drug-likeness (QED) is 0.0697. The van der Waals surface area contributed by atoms with Crippen LogP contribution in [0.2, 0.25) is 0 Å². The van der Waals surface area contributed by atoms with Crippen molar-refractivity contribution in [1.29, 1.82) is 0 Å². The summed E-state index contributed by atoms with van der Waals surface area (Å²) in [5.74, 6) is -0.116. The van der Waals surface area contributed by atoms with Crippen LogP contribution in [0, 0.1) is 34.6 Å². The van der Waals surface area contributed by atoms with E-state index in [2.05, 4.69) is 5.10 Å². The Bertz CT molecular complexity index is 2630. The number of nitrogens with zero attached hydrogens (tertiary/aromatic N) is 2. The van der Waals surface area contributed by atoms with Crippen LogP contribution in [0.1, 0.15) is 28.1 Å². The van der Waals surface area contributed by atoms with E-state index in [1.54, 1.807) is 68.4 Å². The number of rotatable bonds is 8. The monoisotopic (exact) mass is 791 g/mol. The molecule has 6 rings (SSSR count). The van der Waals surface area contributed by atoms with Gasteiger partial charge in [-0.05, 0) is 89.2 Å². The summed E-state index contributed by atoms with van der Waals surface area (Å²) >= 11 is 0. The Morgan fingerprint density at radius 3 is 1.56 bits per heavy atom. The Kier molecular flexibility index (Phi) is 11.1. The Morgan fingerprint density at radius 1 is 0.611 bits per heavy atom. The zero-order chi connectivity index (χ0) is 39.7. The first-order chi connectivity index (χ1) is 25.2. The van der Waals surface area contributed by atoms with Crippen molar-refractivity contribution in [2.75, 3.05) is 5.73 Å². The van der Waals surface area contributed by atoms with E-state index < -0.39 is 30.4 Å². The maximum atomic E-state index is 12.6. The van der Waals surface area contributed by atoms with Crippen molar-refractivity contribution in [3.63, 3.8) is 0 Å². The number of aromatic hydroxyl groups is 1. The van der Waals surface area contributed by atoms with Crippen molar-refractivity contribution in [1.82, 2.24) is 9.78 Å². The van der Waals surface area contributed by atoms with E-state index in [0.717, 1.165) is 28.1 Å². The topological polar surface area (TPSA) is 216 Å². The van der Waals surface area contributed by atoms with Crippen LogP contribution in [0.15, 0.2) is 118 Å². The maximum absolute atomic E-state index is 12.6. The van der Waals surface area contributed by atoms with Crippen LogP contribution in [0.3, 0.4) is 0 Å². The van der Waals surface area contributed by atoms with Gasteiger partial charge in [-0.2, -0.15) is 30.4 Å². The average molecular weight is 792 g/mol. The number of aryl methyl sites for hydroxylation is 5. The second kappa shape index (κ2) is 15.1. The van der Waals surface area contributed by atoms with Crippen molar-refractivity contribution >= 4 is 36.0 Å². The van der Waals surface area contributed by atoms with Gasteiger partial charge in [-0.15, -0.1) is 0 Å². The minimum Gasteiger partial charge on any atom is -0.506 e. The molecule has 0 atom stereocenters. The Morgan fingerprint density at radius 2 is 1.09 bits per heavy atom. The number of phenolic OH excluding ortho intramolecular Hbond substituents is 1. The summed E-state index contributed by atoms with van der Waals surface area (Å²) in [5, 5.41) is 14.5. The lowest BCUT2D eigenvalue weighted by Gasteiger charge is -2.16. The molecule has 0 fully saturated rings. The van der Waals surface area contributed by atoms with Gasteiger partial charge in [0.1, 0.15) is 20.4 Å². The molecule has 0 aliphatic carbocycles. The standard InChI is InChI=1S/C20H19NO6S2.C18H18N2O4S/c1-12-6-8-18(28(22,23)24)16(10-12)14-4-3-5-15(20(14)21)17-11-13(2)7-9-19(17)29(25,26)27;1-12-7-9-15(10-8-12)25(22,23)24-17-6-4-5-16(21)18(17)20-14(3)11-13(2)19-20/h3-11H,21H2,1-2H3,(H,22,23,24)(H,25,26,27);4-11,21H,1-3H3. The van der Waals surface area contributed by atoms with E-state index in [-0.39, 0.29) is 48.7 Å². The molecule has 0 amide bonds. The highest BCUT2D eigenvalue weighted by atomic mass is 32.2. The minimum absolute atomic E-state index is 0.00627. The van der Waals surface area contributed by atoms with E-state index in [9.17, 15) is 39.5 Å². The fraction of sp³-hybridized carbons (Fsp3) is 0.132. The molecule has 5 N–H and O–H groups in total. The normalized spacial score (nSPS) is 11.8. The maximum Gasteiger partial charge on any atom is 0.339 e. The van der Waals surface area contributed by atoms with Crippen LogP contribution in [0.5, 0.6) is 11.5 Å². The number of hydrogen-bond donors (Lipinski definition) is 4. The summed E-state index contributed by atoms with van der Waals surface area (Å²) in [5.41, 5.74) is 11.5. The molecule has 0 bridgehead atoms. The van der Waals surface area contributed by atoms with Gasteiger partial charge in [-0.25, -0.2) is 4.68 Å². The molecule has 0 radical (unpaired) electrons. The summed E-state index contributed by atoms with van der Waals surface area (Å²) in [6, 6.07) is 26.2. The van der Waals surface area contributed by atoms with Crippen molar-refractivity contribution in [3.05, 3.63) is 131 Å². The first kappa shape index (κ1) is 39.7. The molecule has 0 unspecified atom stereocenters. The first-order valence-corrected chi connectivity index (χ1v) is 20.4. The molecule has 16 heteroatoms. The smallest absolute Gasteiger partial charge is 0.339 e. The lowest BCUT2D eigenvalue weighted by Crippen LogP contribution is -2.12. The van der Waals surface area contributed by atoms with E-state index in [4.69, 9.17) is 9.92 Å². The van der Waals surface area contributed by atoms with Crippen LogP contribution < -0.4 is 9.92 Å². The highest BCUT2D eigenvalue weighted by molar-refractivity contribution is 7.87. The molecule has 0 spiro atoms. The van der Waals surface area contributed by atoms with Crippen molar-refractivity contribution in [2.45, 2.75) is 49.3 Å². The minimum atomic E-state index is -4.52. The summed E-state index contributed by atoms with van der Waals surface area (Å²) in [6.07, 6.45) is 0. The third kappa shape index (κ3) is 8.64. The predicted molar refractivity (Wildman–Crippen MR) is 205 cm³/mol. The number of phenols is 1. The summed E-state index contributed by atoms with van der Waals surface area (Å²) in [7, 11) is -13.1. The van der Waals surface area contributed by atoms with E-state index in [0.29, 0.717) is 11.1 Å². The molecule has 54 heavy (non-hydrogen) atoms. The lowest BCUT2D eigenvalue weighted by molar-refractivity contribution is 0.456. The summed E-state index contributed by atoms with van der Waals surface area (Å²) in [4.78, 5) is -0.585. The van der Waals surface area contributed by atoms with E-state index in [1.165, 1.54) is 47.1 Å². The number of hydrogen-bond acceptors (Lipinski definition) is 10. The average Bonchev–Trinajstić information content (AvgIpc) is 3.40. The third-order valence-corrected chi connectivity index (χ3v) is 11.3. The summed E-state index contributed by atoms with van der Waals surface area (Å²) in [6.45, 7) is 9.01. The van der Waals surface area contributed by atoms with Gasteiger partial charge < -0.3 is 15.0 Å². The van der Waals surface area contributed by atoms with Crippen molar-refractivity contribution < 1.29 is 43.6 Å². The number of nitrogen functional groups attached to an aromatic ring is 1. The molecular formula is C38H37N3O10S3. The molecule has 282 valence electrons. The van der Waals surface area contributed by atoms with Crippen molar-refractivity contribution in [3.8, 4) is 39.4 Å². The van der Waals surface area contributed by atoms with Gasteiger partial charge in [0, 0.05) is 33.6 Å². The number of anilines is 1. The first-order valence-electron chi connectivity index (χ1n) is 16.1. The van der Waals surface area contributed by atoms with Crippen LogP contribution in [0.4, 0.5) is 5.69 Å². The predicted octanol–water partition coefficient (Wildman–Crippen LogP) is 6.98. The number of aromatic nitrogens is 2. The van der Waals surface area contributed by atoms with Gasteiger partial charge >= 0.3 is 10.1 Å². The van der Waals surface area contributed by atoms with Gasteiger partial charge in [0.05, 0.1) is 5.69 Å². The largest absolute Gasteiger partial charge is 0.506 e. The second-order valence-corrected chi connectivity index (χ2v) is 16.9. The van der Waals surface area contributed by atoms with Crippen LogP contribution in [-0.2, 0) is 30.4 Å². The zero-order valence-corrected chi connectivity index (χ0v) is 32.2. The number of benzene rings is 5. The van der Waals surface area contributed by atoms with Crippen molar-refractivity contribution in [2.24, 2.45) is 0 Å². The third-order valence-electron chi connectivity index (χ3n) is 8.22. The molecule has 1 heterocycles. The van der Waals surface area contributed by atoms with Gasteiger partial charge in [-0.3, -0.25) is 9.11 Å². The lowest BCUT2D eigenvalue weighted by atomic mass is 9.95. The fourth-order valence-electron chi connectivity index (χ4n) is 5.71. The molecular weight excluding hydrogens is 755 g/mol. The molecule has 13 nitrogen and oxygen atoms in total. The molecule has 0 saturated heterocycles. The van der Waals surface area contributed by atoms with Crippen LogP contribution in [-0.4, -0.2) is 49.2 Å². The molecule has 0 aliphatic rings. The van der Waals surface area contributed by atoms with Gasteiger partial charge in [0.15, 0.2) is 11.4 Å². The molecule has 1 aromatic heterocycles. The highest BCUT2D eigenvalue weighted by Gasteiger charge is 2.24. The second-order valence-electron chi connectivity index (χ2n) is 12.5. The van der Waals surface area contributed by atoms with Gasteiger partial charge in [0.25, 0.3) is 20.2 Å². The van der Waals surface area contributed by atoms with Crippen LogP contribution in [0.25, 0.3) is 27.9 Å².